The Bertz CT molecular complexity index is 576. The lowest BCUT2D eigenvalue weighted by atomic mass is 9.93. The zero-order chi connectivity index (χ0) is 15.0. The van der Waals surface area contributed by atoms with Crippen molar-refractivity contribution < 1.29 is 15.0 Å². The Morgan fingerprint density at radius 1 is 1.43 bits per heavy atom. The van der Waals surface area contributed by atoms with E-state index in [0.717, 1.165) is 36.9 Å². The van der Waals surface area contributed by atoms with E-state index in [2.05, 4.69) is 4.98 Å². The van der Waals surface area contributed by atoms with Gasteiger partial charge in [0.1, 0.15) is 11.4 Å². The Hall–Kier alpha value is -1.66. The number of anilines is 1. The molecule has 2 aliphatic rings. The van der Waals surface area contributed by atoms with Gasteiger partial charge in [0, 0.05) is 12.2 Å². The summed E-state index contributed by atoms with van der Waals surface area (Å²) in [6, 6.07) is 1.85. The molecule has 21 heavy (non-hydrogen) atoms. The van der Waals surface area contributed by atoms with Gasteiger partial charge in [-0.3, -0.25) is 4.79 Å². The van der Waals surface area contributed by atoms with E-state index in [1.807, 2.05) is 11.0 Å². The molecule has 0 radical (unpaired) electrons. The van der Waals surface area contributed by atoms with Gasteiger partial charge < -0.3 is 20.8 Å². The summed E-state index contributed by atoms with van der Waals surface area (Å²) in [5.41, 5.74) is 6.90. The predicted octanol–water partition coefficient (Wildman–Crippen LogP) is -0.00720. The first kappa shape index (κ1) is 14.3. The van der Waals surface area contributed by atoms with Gasteiger partial charge in [-0.05, 0) is 43.7 Å². The normalized spacial score (nSPS) is 25.0. The summed E-state index contributed by atoms with van der Waals surface area (Å²) < 4.78 is 0. The number of piperidine rings is 1. The molecule has 1 fully saturated rings. The summed E-state index contributed by atoms with van der Waals surface area (Å²) in [6.45, 7) is 0.685. The van der Waals surface area contributed by atoms with Crippen LogP contribution in [-0.4, -0.2) is 46.4 Å². The van der Waals surface area contributed by atoms with Crippen LogP contribution in [-0.2, 0) is 12.8 Å². The van der Waals surface area contributed by atoms with Gasteiger partial charge >= 0.3 is 0 Å². The molecule has 3 rings (SSSR count). The fourth-order valence-electron chi connectivity index (χ4n) is 3.31. The average molecular weight is 291 g/mol. The van der Waals surface area contributed by atoms with E-state index in [1.54, 1.807) is 0 Å². The minimum absolute atomic E-state index is 0.273. The smallest absolute Gasteiger partial charge is 0.252 e. The van der Waals surface area contributed by atoms with Crippen LogP contribution in [0.2, 0.25) is 0 Å². The van der Waals surface area contributed by atoms with Gasteiger partial charge in [0.15, 0.2) is 0 Å². The van der Waals surface area contributed by atoms with Crippen molar-refractivity contribution in [2.75, 3.05) is 24.6 Å². The van der Waals surface area contributed by atoms with Crippen molar-refractivity contribution in [1.82, 2.24) is 4.98 Å². The number of carbonyl (C=O) groups excluding carboxylic acids is 1. The van der Waals surface area contributed by atoms with Crippen LogP contribution in [0.4, 0.5) is 5.82 Å². The van der Waals surface area contributed by atoms with Crippen molar-refractivity contribution in [3.05, 3.63) is 22.9 Å². The lowest BCUT2D eigenvalue weighted by Crippen LogP contribution is -2.51. The van der Waals surface area contributed by atoms with Crippen molar-refractivity contribution in [3.8, 4) is 0 Å². The highest BCUT2D eigenvalue weighted by Crippen LogP contribution is 2.31. The van der Waals surface area contributed by atoms with E-state index < -0.39 is 11.5 Å². The summed E-state index contributed by atoms with van der Waals surface area (Å²) in [5, 5.41) is 19.7. The molecule has 0 saturated carbocycles. The molecule has 1 atom stereocenters. The molecular formula is C15H21N3O3. The van der Waals surface area contributed by atoms with Crippen molar-refractivity contribution in [2.24, 2.45) is 5.73 Å². The molecule has 0 bridgehead atoms. The van der Waals surface area contributed by atoms with E-state index in [9.17, 15) is 15.0 Å². The lowest BCUT2D eigenvalue weighted by Gasteiger charge is -2.39. The summed E-state index contributed by atoms with van der Waals surface area (Å²) in [6.07, 6.45) is 4.19. The minimum atomic E-state index is -1.13. The second kappa shape index (κ2) is 5.27. The largest absolute Gasteiger partial charge is 0.393 e. The van der Waals surface area contributed by atoms with Crippen LogP contribution in [0.5, 0.6) is 0 Å². The number of β-amino-alcohol motifs (C(OH)–C–C–N with tert-alkyl or cyclic N) is 1. The monoisotopic (exact) mass is 291 g/mol. The Morgan fingerprint density at radius 3 is 2.95 bits per heavy atom. The van der Waals surface area contributed by atoms with Crippen molar-refractivity contribution in [3.63, 3.8) is 0 Å². The van der Waals surface area contributed by atoms with Crippen LogP contribution in [0, 0.1) is 0 Å². The number of aliphatic hydroxyl groups is 2. The number of aromatic nitrogens is 1. The first-order valence-electron chi connectivity index (χ1n) is 7.43. The number of aliphatic hydroxyl groups excluding tert-OH is 1. The number of nitrogens with two attached hydrogens (primary N) is 1. The zero-order valence-corrected chi connectivity index (χ0v) is 12.0. The molecule has 4 N–H and O–H groups in total. The molecule has 1 amide bonds. The maximum Gasteiger partial charge on any atom is 0.252 e. The first-order valence-corrected chi connectivity index (χ1v) is 7.43. The molecule has 1 aliphatic heterocycles. The number of carbonyl (C=O) groups is 1. The standard InChI is InChI=1S/C15H21N3O3/c16-13(20)11-7-10-3-1-4-12(10)17-14(11)18-6-2-5-15(21,8-18)9-19/h7,19,21H,1-6,8-9H2,(H2,16,20). The Labute approximate surface area is 123 Å². The number of fused-ring (bicyclic) bond motifs is 1. The molecule has 0 spiro atoms. The number of hydrogen-bond acceptors (Lipinski definition) is 5. The second-order valence-electron chi connectivity index (χ2n) is 6.09. The van der Waals surface area contributed by atoms with Crippen molar-refractivity contribution in [1.29, 1.82) is 0 Å². The van der Waals surface area contributed by atoms with Gasteiger partial charge in [-0.1, -0.05) is 0 Å². The zero-order valence-electron chi connectivity index (χ0n) is 12.0. The molecule has 114 valence electrons. The third kappa shape index (κ3) is 2.61. The van der Waals surface area contributed by atoms with Gasteiger partial charge in [-0.2, -0.15) is 0 Å². The van der Waals surface area contributed by atoms with Crippen LogP contribution >= 0.6 is 0 Å². The fraction of sp³-hybridized carbons (Fsp3) is 0.600. The molecule has 0 aromatic carbocycles. The number of rotatable bonds is 3. The number of pyridine rings is 1. The van der Waals surface area contributed by atoms with E-state index in [1.165, 1.54) is 0 Å². The van der Waals surface area contributed by atoms with E-state index in [-0.39, 0.29) is 13.2 Å². The SMILES string of the molecule is NC(=O)c1cc2c(nc1N1CCCC(O)(CO)C1)CCC2. The third-order valence-electron chi connectivity index (χ3n) is 4.45. The van der Waals surface area contributed by atoms with Gasteiger partial charge in [0.2, 0.25) is 0 Å². The fourth-order valence-corrected chi connectivity index (χ4v) is 3.31. The quantitative estimate of drug-likeness (QED) is 0.727. The number of aryl methyl sites for hydroxylation is 2. The predicted molar refractivity (Wildman–Crippen MR) is 78.3 cm³/mol. The van der Waals surface area contributed by atoms with Gasteiger partial charge in [0.25, 0.3) is 5.91 Å². The number of nitrogens with zero attached hydrogens (tertiary/aromatic N) is 2. The number of hydrogen-bond donors (Lipinski definition) is 3. The van der Waals surface area contributed by atoms with Gasteiger partial charge in [-0.15, -0.1) is 0 Å². The van der Waals surface area contributed by atoms with E-state index >= 15 is 0 Å². The van der Waals surface area contributed by atoms with Crippen molar-refractivity contribution in [2.45, 2.75) is 37.7 Å². The Kier molecular flexibility index (Phi) is 3.59. The molecular weight excluding hydrogens is 270 g/mol. The first-order chi connectivity index (χ1) is 10.0. The Morgan fingerprint density at radius 2 is 2.24 bits per heavy atom. The van der Waals surface area contributed by atoms with E-state index in [0.29, 0.717) is 24.3 Å². The maximum absolute atomic E-state index is 11.7. The second-order valence-corrected chi connectivity index (χ2v) is 6.09. The van der Waals surface area contributed by atoms with Crippen LogP contribution in [0.25, 0.3) is 0 Å². The third-order valence-corrected chi connectivity index (χ3v) is 4.45. The molecule has 1 saturated heterocycles. The molecule has 1 aromatic heterocycles. The molecule has 1 unspecified atom stereocenters. The summed E-state index contributed by atoms with van der Waals surface area (Å²) in [4.78, 5) is 18.2. The van der Waals surface area contributed by atoms with E-state index in [4.69, 9.17) is 5.73 Å². The van der Waals surface area contributed by atoms with Gasteiger partial charge in [0.05, 0.1) is 18.7 Å². The summed E-state index contributed by atoms with van der Waals surface area (Å²) in [5.74, 6) is 0.0556. The molecule has 1 aliphatic carbocycles. The van der Waals surface area contributed by atoms with Crippen LogP contribution in [0.15, 0.2) is 6.07 Å². The summed E-state index contributed by atoms with van der Waals surface area (Å²) >= 11 is 0. The molecule has 1 aromatic rings. The van der Waals surface area contributed by atoms with Crippen LogP contribution < -0.4 is 10.6 Å². The van der Waals surface area contributed by atoms with Crippen LogP contribution in [0.3, 0.4) is 0 Å². The maximum atomic E-state index is 11.7. The highest BCUT2D eigenvalue weighted by Gasteiger charge is 2.35. The van der Waals surface area contributed by atoms with Gasteiger partial charge in [-0.25, -0.2) is 4.98 Å². The lowest BCUT2D eigenvalue weighted by molar-refractivity contribution is -0.0242. The van der Waals surface area contributed by atoms with Crippen molar-refractivity contribution >= 4 is 11.7 Å². The topological polar surface area (TPSA) is 99.7 Å². The summed E-state index contributed by atoms with van der Waals surface area (Å²) in [7, 11) is 0. The molecule has 6 heteroatoms. The average Bonchev–Trinajstić information content (AvgIpc) is 2.93. The minimum Gasteiger partial charge on any atom is -0.393 e. The Balaban J connectivity index is 1.99. The molecule has 2 heterocycles. The number of amides is 1. The number of primary amides is 1. The van der Waals surface area contributed by atoms with Crippen LogP contribution in [0.1, 0.15) is 40.9 Å². The highest BCUT2D eigenvalue weighted by molar-refractivity contribution is 5.98. The highest BCUT2D eigenvalue weighted by atomic mass is 16.3. The molecule has 6 nitrogen and oxygen atoms in total.